The minimum absolute atomic E-state index is 0.128. The molecule has 11 heavy (non-hydrogen) atoms. The van der Waals surface area contributed by atoms with Gasteiger partial charge in [0.1, 0.15) is 34.6 Å². The molecule has 1 radical (unpaired) electrons. The van der Waals surface area contributed by atoms with Crippen LogP contribution >= 0.6 is 16.3 Å². The van der Waals surface area contributed by atoms with E-state index in [9.17, 15) is 0 Å². The van der Waals surface area contributed by atoms with Crippen LogP contribution in [0.1, 0.15) is 0 Å². The molecular weight excluding hydrogens is 220 g/mol. The second-order valence-corrected chi connectivity index (χ2v) is 2.49. The summed E-state index contributed by atoms with van der Waals surface area (Å²) in [6, 6.07) is 0. The van der Waals surface area contributed by atoms with Crippen molar-refractivity contribution in [3.63, 3.8) is 0 Å². The van der Waals surface area contributed by atoms with Gasteiger partial charge in [0.2, 0.25) is 0 Å². The standard InChI is InChI=1S/C5H8BrO5/c6-11-5-4(9)3(8)2(1-7)10-5/h2-4,7-9H,1H2/t2-,3-,4-/m1/s1. The van der Waals surface area contributed by atoms with Gasteiger partial charge in [-0.05, 0) is 0 Å². The van der Waals surface area contributed by atoms with E-state index in [2.05, 4.69) is 20.1 Å². The first-order chi connectivity index (χ1) is 5.20. The molecule has 0 spiro atoms. The van der Waals surface area contributed by atoms with Crippen LogP contribution in [0.2, 0.25) is 0 Å². The molecule has 0 bridgehead atoms. The van der Waals surface area contributed by atoms with Crippen molar-refractivity contribution < 1.29 is 23.9 Å². The van der Waals surface area contributed by atoms with Gasteiger partial charge < -0.3 is 20.1 Å². The zero-order chi connectivity index (χ0) is 8.43. The minimum Gasteiger partial charge on any atom is -0.394 e. The molecule has 1 heterocycles. The Hall–Kier alpha value is 0.280. The molecule has 0 aliphatic carbocycles. The van der Waals surface area contributed by atoms with E-state index in [4.69, 9.17) is 20.1 Å². The lowest BCUT2D eigenvalue weighted by atomic mass is 10.1. The number of hydrogen-bond acceptors (Lipinski definition) is 5. The van der Waals surface area contributed by atoms with Gasteiger partial charge in [0.25, 0.3) is 6.29 Å². The van der Waals surface area contributed by atoms with Crippen LogP contribution in [0.3, 0.4) is 0 Å². The fraction of sp³-hybridized carbons (Fsp3) is 0.800. The lowest BCUT2D eigenvalue weighted by Gasteiger charge is -2.09. The number of rotatable bonds is 2. The van der Waals surface area contributed by atoms with E-state index < -0.39 is 18.3 Å². The van der Waals surface area contributed by atoms with Gasteiger partial charge in [0.05, 0.1) is 6.61 Å². The summed E-state index contributed by atoms with van der Waals surface area (Å²) in [6.45, 7) is -0.363. The summed E-state index contributed by atoms with van der Waals surface area (Å²) in [4.78, 5) is 0. The second-order valence-electron chi connectivity index (χ2n) is 2.17. The highest BCUT2D eigenvalue weighted by Gasteiger charge is 2.44. The number of aliphatic hydroxyl groups excluding tert-OH is 3. The minimum atomic E-state index is -1.20. The summed E-state index contributed by atoms with van der Waals surface area (Å²) in [5.41, 5.74) is 0. The van der Waals surface area contributed by atoms with E-state index in [1.165, 1.54) is 0 Å². The number of aliphatic hydroxyl groups is 3. The fourth-order valence-electron chi connectivity index (χ4n) is 0.840. The van der Waals surface area contributed by atoms with Crippen LogP contribution in [0.4, 0.5) is 0 Å². The van der Waals surface area contributed by atoms with Gasteiger partial charge in [-0.15, -0.1) is 0 Å². The van der Waals surface area contributed by atoms with Crippen molar-refractivity contribution in [2.75, 3.05) is 6.61 Å². The Morgan fingerprint density at radius 1 is 1.55 bits per heavy atom. The highest BCUT2D eigenvalue weighted by atomic mass is 79.9. The Kier molecular flexibility index (Phi) is 3.23. The van der Waals surface area contributed by atoms with Gasteiger partial charge in [-0.2, -0.15) is 0 Å². The predicted octanol–water partition coefficient (Wildman–Crippen LogP) is -1.08. The molecule has 5 nitrogen and oxygen atoms in total. The molecule has 0 aromatic rings. The Bertz CT molecular complexity index is 114. The third-order valence-electron chi connectivity index (χ3n) is 1.47. The van der Waals surface area contributed by atoms with E-state index in [0.29, 0.717) is 0 Å². The van der Waals surface area contributed by atoms with Crippen LogP contribution < -0.4 is 0 Å². The van der Waals surface area contributed by atoms with E-state index in [1.807, 2.05) is 0 Å². The molecule has 1 aliphatic heterocycles. The Labute approximate surface area is 72.0 Å². The number of hydrogen-bond donors (Lipinski definition) is 3. The molecule has 6 heteroatoms. The van der Waals surface area contributed by atoms with Crippen LogP contribution in [0.5, 0.6) is 0 Å². The van der Waals surface area contributed by atoms with Crippen LogP contribution in [-0.4, -0.2) is 40.2 Å². The van der Waals surface area contributed by atoms with E-state index in [-0.39, 0.29) is 12.9 Å². The molecule has 1 saturated heterocycles. The van der Waals surface area contributed by atoms with Crippen molar-refractivity contribution in [1.82, 2.24) is 0 Å². The molecule has 3 N–H and O–H groups in total. The van der Waals surface area contributed by atoms with Crippen LogP contribution in [0.15, 0.2) is 0 Å². The van der Waals surface area contributed by atoms with Crippen molar-refractivity contribution in [2.45, 2.75) is 18.3 Å². The molecule has 65 valence electrons. The fourth-order valence-corrected chi connectivity index (χ4v) is 1.11. The first kappa shape index (κ1) is 9.37. The molecule has 3 atom stereocenters. The third-order valence-corrected chi connectivity index (χ3v) is 1.79. The van der Waals surface area contributed by atoms with Crippen molar-refractivity contribution in [1.29, 1.82) is 0 Å². The lowest BCUT2D eigenvalue weighted by Crippen LogP contribution is -2.32. The molecular formula is C5H8BrO5. The first-order valence-corrected chi connectivity index (χ1v) is 3.64. The Morgan fingerprint density at radius 2 is 2.18 bits per heavy atom. The maximum Gasteiger partial charge on any atom is 0.268 e. The summed E-state index contributed by atoms with van der Waals surface area (Å²) < 4.78 is 9.19. The number of ether oxygens (including phenoxy) is 1. The summed E-state index contributed by atoms with van der Waals surface area (Å²) in [6.07, 6.45) is -3.27. The monoisotopic (exact) mass is 227 g/mol. The van der Waals surface area contributed by atoms with Crippen molar-refractivity contribution in [2.24, 2.45) is 0 Å². The van der Waals surface area contributed by atoms with Crippen LogP contribution in [0, 0.1) is 6.29 Å². The first-order valence-electron chi connectivity index (χ1n) is 2.99. The van der Waals surface area contributed by atoms with Gasteiger partial charge in [-0.3, -0.25) is 3.83 Å². The number of halogens is 1. The average Bonchev–Trinajstić information content (AvgIpc) is 2.30. The molecule has 0 unspecified atom stereocenters. The molecule has 0 amide bonds. The highest BCUT2D eigenvalue weighted by molar-refractivity contribution is 9.06. The lowest BCUT2D eigenvalue weighted by molar-refractivity contribution is -0.0245. The molecule has 1 fully saturated rings. The molecule has 0 aromatic heterocycles. The maximum absolute atomic E-state index is 9.10. The molecule has 1 aliphatic rings. The topological polar surface area (TPSA) is 79.2 Å². The third kappa shape index (κ3) is 1.71. The maximum atomic E-state index is 9.10. The quantitative estimate of drug-likeness (QED) is 0.560. The highest BCUT2D eigenvalue weighted by Crippen LogP contribution is 2.28. The zero-order valence-corrected chi connectivity index (χ0v) is 7.06. The van der Waals surface area contributed by atoms with E-state index in [1.54, 1.807) is 0 Å². The summed E-state index contributed by atoms with van der Waals surface area (Å²) in [5, 5.41) is 26.8. The van der Waals surface area contributed by atoms with Crippen molar-refractivity contribution in [3.05, 3.63) is 6.29 Å². The van der Waals surface area contributed by atoms with Gasteiger partial charge in [-0.25, -0.2) is 0 Å². The molecule has 0 aromatic carbocycles. The predicted molar refractivity (Wildman–Crippen MR) is 37.2 cm³/mol. The van der Waals surface area contributed by atoms with Crippen LogP contribution in [-0.2, 0) is 8.57 Å². The zero-order valence-electron chi connectivity index (χ0n) is 5.48. The van der Waals surface area contributed by atoms with Gasteiger partial charge in [0.15, 0.2) is 0 Å². The van der Waals surface area contributed by atoms with Gasteiger partial charge in [-0.1, -0.05) is 0 Å². The summed E-state index contributed by atoms with van der Waals surface area (Å²) in [7, 11) is 0. The average molecular weight is 228 g/mol. The Balaban J connectivity index is 2.53. The van der Waals surface area contributed by atoms with Gasteiger partial charge >= 0.3 is 0 Å². The summed E-state index contributed by atoms with van der Waals surface area (Å²) >= 11 is 2.59. The largest absolute Gasteiger partial charge is 0.394 e. The SMILES string of the molecule is OC[C@H]1O[C](OBr)[C@H](O)[C@@H]1O. The van der Waals surface area contributed by atoms with Gasteiger partial charge in [0, 0.05) is 0 Å². The normalized spacial score (nSPS) is 39.8. The molecule has 1 rings (SSSR count). The van der Waals surface area contributed by atoms with E-state index >= 15 is 0 Å². The van der Waals surface area contributed by atoms with Crippen molar-refractivity contribution in [3.8, 4) is 0 Å². The summed E-state index contributed by atoms with van der Waals surface area (Å²) in [5.74, 6) is 0. The van der Waals surface area contributed by atoms with Crippen molar-refractivity contribution >= 4 is 16.3 Å². The Morgan fingerprint density at radius 3 is 2.45 bits per heavy atom. The molecule has 0 saturated carbocycles. The van der Waals surface area contributed by atoms with E-state index in [0.717, 1.165) is 0 Å². The second kappa shape index (κ2) is 3.79. The smallest absolute Gasteiger partial charge is 0.268 e. The van der Waals surface area contributed by atoms with Crippen LogP contribution in [0.25, 0.3) is 0 Å².